The van der Waals surface area contributed by atoms with Crippen molar-refractivity contribution in [2.45, 2.75) is 18.9 Å². The summed E-state index contributed by atoms with van der Waals surface area (Å²) in [4.78, 5) is 16.9. The smallest absolute Gasteiger partial charge is 0.234 e. The van der Waals surface area contributed by atoms with Gasteiger partial charge in [0, 0.05) is 5.69 Å². The molecule has 2 aromatic heterocycles. The lowest BCUT2D eigenvalue weighted by Gasteiger charge is -2.08. The summed E-state index contributed by atoms with van der Waals surface area (Å²) in [5.41, 5.74) is 3.30. The summed E-state index contributed by atoms with van der Waals surface area (Å²) in [5, 5.41) is 11.7. The van der Waals surface area contributed by atoms with Gasteiger partial charge >= 0.3 is 0 Å². The summed E-state index contributed by atoms with van der Waals surface area (Å²) in [6.07, 6.45) is 0. The van der Waals surface area contributed by atoms with Crippen LogP contribution < -0.4 is 5.32 Å². The molecule has 2 aromatic carbocycles. The highest BCUT2D eigenvalue weighted by Crippen LogP contribution is 2.25. The number of amides is 1. The molecule has 2 heterocycles. The van der Waals surface area contributed by atoms with Crippen molar-refractivity contribution in [3.05, 3.63) is 59.7 Å². The Labute approximate surface area is 158 Å². The van der Waals surface area contributed by atoms with E-state index in [0.717, 1.165) is 16.9 Å². The second-order valence-electron chi connectivity index (χ2n) is 6.11. The minimum atomic E-state index is -0.350. The van der Waals surface area contributed by atoms with Gasteiger partial charge in [0.25, 0.3) is 0 Å². The van der Waals surface area contributed by atoms with E-state index in [9.17, 15) is 9.18 Å². The first kappa shape index (κ1) is 17.4. The molecule has 0 saturated heterocycles. The maximum atomic E-state index is 13.6. The van der Waals surface area contributed by atoms with Gasteiger partial charge in [-0.05, 0) is 43.7 Å². The molecule has 136 valence electrons. The van der Waals surface area contributed by atoms with Crippen LogP contribution in [-0.2, 0) is 4.79 Å². The van der Waals surface area contributed by atoms with Gasteiger partial charge in [0.2, 0.25) is 5.91 Å². The van der Waals surface area contributed by atoms with Crippen molar-refractivity contribution in [1.82, 2.24) is 19.6 Å². The van der Waals surface area contributed by atoms with E-state index in [1.807, 2.05) is 35.6 Å². The minimum Gasteiger partial charge on any atom is -0.325 e. The van der Waals surface area contributed by atoms with E-state index in [2.05, 4.69) is 20.5 Å². The van der Waals surface area contributed by atoms with Gasteiger partial charge in [0.05, 0.1) is 16.8 Å². The molecule has 8 heteroatoms. The number of halogens is 1. The fraction of sp³-hybridized carbons (Fsp3) is 0.158. The molecule has 0 unspecified atom stereocenters. The van der Waals surface area contributed by atoms with Crippen LogP contribution >= 0.6 is 11.8 Å². The van der Waals surface area contributed by atoms with E-state index in [4.69, 9.17) is 0 Å². The number of aromatic nitrogens is 4. The number of hydrogen-bond donors (Lipinski definition) is 1. The van der Waals surface area contributed by atoms with E-state index < -0.39 is 0 Å². The van der Waals surface area contributed by atoms with Crippen LogP contribution in [0.15, 0.2) is 47.5 Å². The number of aryl methyl sites for hydroxylation is 2. The Hall–Kier alpha value is -3.00. The zero-order valence-electron chi connectivity index (χ0n) is 14.7. The van der Waals surface area contributed by atoms with E-state index in [-0.39, 0.29) is 17.5 Å². The normalized spacial score (nSPS) is 11.2. The first-order valence-corrected chi connectivity index (χ1v) is 9.31. The maximum absolute atomic E-state index is 13.6. The number of para-hydroxylation sites is 2. The number of carbonyl (C=O) groups excluding carboxylic acids is 1. The van der Waals surface area contributed by atoms with Gasteiger partial charge in [-0.1, -0.05) is 30.0 Å². The number of thioether (sulfide) groups is 1. The van der Waals surface area contributed by atoms with Crippen LogP contribution in [0.4, 0.5) is 10.1 Å². The van der Waals surface area contributed by atoms with Crippen molar-refractivity contribution in [1.29, 1.82) is 0 Å². The number of nitrogens with zero attached hydrogens (tertiary/aromatic N) is 4. The predicted molar refractivity (Wildman–Crippen MR) is 104 cm³/mol. The van der Waals surface area contributed by atoms with Crippen LogP contribution in [0.3, 0.4) is 0 Å². The van der Waals surface area contributed by atoms with E-state index >= 15 is 0 Å². The van der Waals surface area contributed by atoms with E-state index in [1.54, 1.807) is 19.1 Å². The van der Waals surface area contributed by atoms with Crippen molar-refractivity contribution >= 4 is 40.0 Å². The molecule has 0 spiro atoms. The Morgan fingerprint density at radius 3 is 2.81 bits per heavy atom. The molecule has 4 aromatic rings. The topological polar surface area (TPSA) is 72.2 Å². The fourth-order valence-electron chi connectivity index (χ4n) is 2.79. The third kappa shape index (κ3) is 3.35. The number of anilines is 1. The Morgan fingerprint density at radius 1 is 1.19 bits per heavy atom. The van der Waals surface area contributed by atoms with Crippen LogP contribution in [0, 0.1) is 19.7 Å². The van der Waals surface area contributed by atoms with Crippen LogP contribution in [0.1, 0.15) is 11.4 Å². The standard InChI is InChI=1S/C19H16FN5OS/c1-11-7-8-13(9-14(11)20)21-17(26)10-27-19-18-24-23-12(2)25(18)16-6-4-3-5-15(16)22-19/h3-9H,10H2,1-2H3,(H,21,26). The Bertz CT molecular complexity index is 1170. The van der Waals surface area contributed by atoms with Gasteiger partial charge in [-0.25, -0.2) is 9.37 Å². The summed E-state index contributed by atoms with van der Waals surface area (Å²) < 4.78 is 15.5. The van der Waals surface area contributed by atoms with Crippen molar-refractivity contribution in [3.63, 3.8) is 0 Å². The SMILES string of the molecule is Cc1ccc(NC(=O)CSc2nc3ccccc3n3c(C)nnc23)cc1F. The molecule has 0 aliphatic rings. The molecule has 1 amide bonds. The van der Waals surface area contributed by atoms with Gasteiger partial charge in [0.15, 0.2) is 5.65 Å². The predicted octanol–water partition coefficient (Wildman–Crippen LogP) is 3.76. The number of benzene rings is 2. The zero-order valence-corrected chi connectivity index (χ0v) is 15.5. The molecule has 0 aliphatic carbocycles. The highest BCUT2D eigenvalue weighted by atomic mass is 32.2. The first-order valence-electron chi connectivity index (χ1n) is 8.32. The van der Waals surface area contributed by atoms with Crippen LogP contribution in [0.2, 0.25) is 0 Å². The third-order valence-electron chi connectivity index (χ3n) is 4.16. The fourth-order valence-corrected chi connectivity index (χ4v) is 3.56. The van der Waals surface area contributed by atoms with Gasteiger partial charge < -0.3 is 5.32 Å². The summed E-state index contributed by atoms with van der Waals surface area (Å²) in [5.74, 6) is 0.289. The number of nitrogens with one attached hydrogen (secondary N) is 1. The van der Waals surface area contributed by atoms with E-state index in [1.165, 1.54) is 17.8 Å². The Kier molecular flexibility index (Phi) is 4.49. The largest absolute Gasteiger partial charge is 0.325 e. The monoisotopic (exact) mass is 381 g/mol. The van der Waals surface area contributed by atoms with Crippen LogP contribution in [-0.4, -0.2) is 31.2 Å². The van der Waals surface area contributed by atoms with Crippen molar-refractivity contribution in [3.8, 4) is 0 Å². The lowest BCUT2D eigenvalue weighted by Crippen LogP contribution is -2.14. The molecule has 0 aliphatic heterocycles. The summed E-state index contributed by atoms with van der Waals surface area (Å²) in [6.45, 7) is 3.55. The minimum absolute atomic E-state index is 0.127. The summed E-state index contributed by atoms with van der Waals surface area (Å²) in [6, 6.07) is 12.3. The maximum Gasteiger partial charge on any atom is 0.234 e. The summed E-state index contributed by atoms with van der Waals surface area (Å²) in [7, 11) is 0. The molecule has 0 radical (unpaired) electrons. The summed E-state index contributed by atoms with van der Waals surface area (Å²) >= 11 is 1.27. The number of fused-ring (bicyclic) bond motifs is 3. The van der Waals surface area contributed by atoms with Crippen LogP contribution in [0.5, 0.6) is 0 Å². The highest BCUT2D eigenvalue weighted by Gasteiger charge is 2.15. The number of rotatable bonds is 4. The second kappa shape index (κ2) is 6.96. The van der Waals surface area contributed by atoms with E-state index in [0.29, 0.717) is 21.9 Å². The highest BCUT2D eigenvalue weighted by molar-refractivity contribution is 8.00. The lowest BCUT2D eigenvalue weighted by atomic mass is 10.2. The molecule has 0 saturated carbocycles. The molecule has 27 heavy (non-hydrogen) atoms. The van der Waals surface area contributed by atoms with Gasteiger partial charge in [-0.15, -0.1) is 10.2 Å². The van der Waals surface area contributed by atoms with Gasteiger partial charge in [-0.2, -0.15) is 0 Å². The molecular weight excluding hydrogens is 365 g/mol. The average Bonchev–Trinajstić information content (AvgIpc) is 3.05. The quantitative estimate of drug-likeness (QED) is 0.545. The zero-order chi connectivity index (χ0) is 19.0. The number of hydrogen-bond acceptors (Lipinski definition) is 5. The second-order valence-corrected chi connectivity index (χ2v) is 7.08. The molecule has 0 fully saturated rings. The Morgan fingerprint density at radius 2 is 2.00 bits per heavy atom. The molecule has 0 bridgehead atoms. The molecule has 6 nitrogen and oxygen atoms in total. The number of carbonyl (C=O) groups is 1. The molecule has 4 rings (SSSR count). The van der Waals surface area contributed by atoms with Gasteiger partial charge in [0.1, 0.15) is 16.7 Å². The van der Waals surface area contributed by atoms with Crippen molar-refractivity contribution in [2.24, 2.45) is 0 Å². The Balaban J connectivity index is 1.57. The van der Waals surface area contributed by atoms with Crippen LogP contribution in [0.25, 0.3) is 16.7 Å². The average molecular weight is 381 g/mol. The van der Waals surface area contributed by atoms with Gasteiger partial charge in [-0.3, -0.25) is 9.20 Å². The molecule has 0 atom stereocenters. The van der Waals surface area contributed by atoms with Crippen molar-refractivity contribution < 1.29 is 9.18 Å². The molecular formula is C19H16FN5OS. The third-order valence-corrected chi connectivity index (χ3v) is 5.11. The first-order chi connectivity index (χ1) is 13.0. The van der Waals surface area contributed by atoms with Crippen molar-refractivity contribution in [2.75, 3.05) is 11.1 Å². The lowest BCUT2D eigenvalue weighted by molar-refractivity contribution is -0.113. The molecule has 1 N–H and O–H groups in total.